The Morgan fingerprint density at radius 1 is 1.71 bits per heavy atom. The first-order valence-corrected chi connectivity index (χ1v) is 3.22. The number of aliphatic imine (C=N–C) groups is 1. The minimum Gasteiger partial charge on any atom is -0.374 e. The summed E-state index contributed by atoms with van der Waals surface area (Å²) in [5.74, 6) is 0. The largest absolute Gasteiger partial charge is 0.374 e. The Labute approximate surface area is 55.8 Å². The van der Waals surface area contributed by atoms with Crippen LogP contribution in [0.4, 0.5) is 0 Å². The summed E-state index contributed by atoms with van der Waals surface area (Å²) < 4.78 is 0.377. The van der Waals surface area contributed by atoms with Gasteiger partial charge in [0.1, 0.15) is 4.05 Å². The molecular weight excluding hydrogens is 203 g/mol. The number of nitrogens with one attached hydrogen (secondary N) is 1. The molecule has 0 aromatic carbocycles. The minimum atomic E-state index is 0.377. The van der Waals surface area contributed by atoms with Gasteiger partial charge in [-0.15, -0.1) is 0 Å². The van der Waals surface area contributed by atoms with Gasteiger partial charge in [-0.3, -0.25) is 4.99 Å². The van der Waals surface area contributed by atoms with Gasteiger partial charge in [0, 0.05) is 18.6 Å². The van der Waals surface area contributed by atoms with E-state index in [4.69, 9.17) is 0 Å². The molecule has 2 nitrogen and oxygen atoms in total. The molecular formula is C4H5IN2. The zero-order valence-corrected chi connectivity index (χ0v) is 5.79. The van der Waals surface area contributed by atoms with Gasteiger partial charge in [0.25, 0.3) is 0 Å². The number of nitrogens with zero attached hydrogens (tertiary/aromatic N) is 1. The summed E-state index contributed by atoms with van der Waals surface area (Å²) in [7, 11) is 0. The van der Waals surface area contributed by atoms with Gasteiger partial charge in [0.05, 0.1) is 0 Å². The molecule has 1 heterocycles. The average Bonchev–Trinajstić information content (AvgIpc) is 1.69. The first-order valence-electron chi connectivity index (χ1n) is 1.98. The van der Waals surface area contributed by atoms with Gasteiger partial charge in [-0.1, -0.05) is 22.6 Å². The molecule has 0 aromatic rings. The fourth-order valence-corrected chi connectivity index (χ4v) is 0.740. The van der Waals surface area contributed by atoms with Crippen LogP contribution in [0.1, 0.15) is 0 Å². The van der Waals surface area contributed by atoms with Gasteiger partial charge in [0.2, 0.25) is 0 Å². The second kappa shape index (κ2) is 2.30. The topological polar surface area (TPSA) is 24.4 Å². The maximum atomic E-state index is 3.88. The predicted molar refractivity (Wildman–Crippen MR) is 38.6 cm³/mol. The van der Waals surface area contributed by atoms with E-state index in [-0.39, 0.29) is 0 Å². The molecule has 0 saturated carbocycles. The van der Waals surface area contributed by atoms with Crippen LogP contribution in [0.5, 0.6) is 0 Å². The zero-order valence-electron chi connectivity index (χ0n) is 3.63. The van der Waals surface area contributed by atoms with Crippen LogP contribution in [0.2, 0.25) is 0 Å². The van der Waals surface area contributed by atoms with Crippen molar-refractivity contribution in [3.8, 4) is 0 Å². The molecule has 1 unspecified atom stereocenters. The lowest BCUT2D eigenvalue weighted by Gasteiger charge is -2.04. The molecule has 1 aliphatic rings. The Balaban J connectivity index is 2.49. The molecule has 0 saturated heterocycles. The standard InChI is InChI=1S/C4H5IN2/c5-4-3-6-1-2-7-4/h1-4,7H. The summed E-state index contributed by atoms with van der Waals surface area (Å²) >= 11 is 2.25. The summed E-state index contributed by atoms with van der Waals surface area (Å²) in [5, 5.41) is 3.04. The van der Waals surface area contributed by atoms with E-state index >= 15 is 0 Å². The lowest BCUT2D eigenvalue weighted by molar-refractivity contribution is 0.979. The van der Waals surface area contributed by atoms with Crippen LogP contribution in [-0.2, 0) is 0 Å². The zero-order chi connectivity index (χ0) is 5.11. The maximum absolute atomic E-state index is 3.88. The molecule has 7 heavy (non-hydrogen) atoms. The van der Waals surface area contributed by atoms with E-state index < -0.39 is 0 Å². The van der Waals surface area contributed by atoms with Crippen LogP contribution in [0.15, 0.2) is 17.4 Å². The van der Waals surface area contributed by atoms with Crippen molar-refractivity contribution in [1.29, 1.82) is 0 Å². The molecule has 0 radical (unpaired) electrons. The molecule has 1 aliphatic heterocycles. The number of hydrogen-bond acceptors (Lipinski definition) is 2. The molecule has 0 amide bonds. The van der Waals surface area contributed by atoms with Gasteiger partial charge in [0.15, 0.2) is 0 Å². The molecule has 0 bridgehead atoms. The quantitative estimate of drug-likeness (QED) is 0.357. The second-order valence-electron chi connectivity index (χ2n) is 1.18. The van der Waals surface area contributed by atoms with E-state index in [0.29, 0.717) is 4.05 Å². The normalized spacial score (nSPS) is 27.3. The fourth-order valence-electron chi connectivity index (χ4n) is 0.346. The van der Waals surface area contributed by atoms with E-state index in [9.17, 15) is 0 Å². The third kappa shape index (κ3) is 1.46. The SMILES string of the molecule is IC1C=NC=CN1. The molecule has 0 aromatic heterocycles. The summed E-state index contributed by atoms with van der Waals surface area (Å²) in [4.78, 5) is 3.88. The van der Waals surface area contributed by atoms with Crippen molar-refractivity contribution in [3.63, 3.8) is 0 Å². The molecule has 1 rings (SSSR count). The highest BCUT2D eigenvalue weighted by Crippen LogP contribution is 1.94. The number of rotatable bonds is 0. The summed E-state index contributed by atoms with van der Waals surface area (Å²) in [6, 6.07) is 0. The summed E-state index contributed by atoms with van der Waals surface area (Å²) in [6.07, 6.45) is 5.41. The number of halogens is 1. The summed E-state index contributed by atoms with van der Waals surface area (Å²) in [6.45, 7) is 0. The van der Waals surface area contributed by atoms with Crippen molar-refractivity contribution in [3.05, 3.63) is 12.4 Å². The highest BCUT2D eigenvalue weighted by Gasteiger charge is 1.94. The van der Waals surface area contributed by atoms with Gasteiger partial charge >= 0.3 is 0 Å². The highest BCUT2D eigenvalue weighted by molar-refractivity contribution is 14.1. The Kier molecular flexibility index (Phi) is 1.67. The molecule has 3 heteroatoms. The Morgan fingerprint density at radius 3 is 2.86 bits per heavy atom. The second-order valence-corrected chi connectivity index (χ2v) is 2.52. The number of hydrogen-bond donors (Lipinski definition) is 1. The molecule has 0 fully saturated rings. The van der Waals surface area contributed by atoms with Crippen molar-refractivity contribution in [2.45, 2.75) is 4.05 Å². The van der Waals surface area contributed by atoms with Crippen LogP contribution in [0.3, 0.4) is 0 Å². The molecule has 38 valence electrons. The van der Waals surface area contributed by atoms with E-state index in [1.807, 2.05) is 12.4 Å². The first kappa shape index (κ1) is 5.08. The van der Waals surface area contributed by atoms with E-state index in [1.165, 1.54) is 0 Å². The van der Waals surface area contributed by atoms with Crippen LogP contribution < -0.4 is 5.32 Å². The van der Waals surface area contributed by atoms with Crippen molar-refractivity contribution in [1.82, 2.24) is 5.32 Å². The van der Waals surface area contributed by atoms with Crippen LogP contribution in [-0.4, -0.2) is 10.3 Å². The van der Waals surface area contributed by atoms with Gasteiger partial charge in [-0.2, -0.15) is 0 Å². The Bertz CT molecular complexity index is 108. The van der Waals surface area contributed by atoms with Crippen molar-refractivity contribution in [2.75, 3.05) is 0 Å². The highest BCUT2D eigenvalue weighted by atomic mass is 127. The van der Waals surface area contributed by atoms with Gasteiger partial charge in [-0.05, 0) is 0 Å². The van der Waals surface area contributed by atoms with Crippen molar-refractivity contribution < 1.29 is 0 Å². The fraction of sp³-hybridized carbons (Fsp3) is 0.250. The smallest absolute Gasteiger partial charge is 0.114 e. The Hall–Kier alpha value is -0.0600. The molecule has 0 aliphatic carbocycles. The maximum Gasteiger partial charge on any atom is 0.114 e. The Morgan fingerprint density at radius 2 is 2.57 bits per heavy atom. The number of alkyl halides is 1. The van der Waals surface area contributed by atoms with Crippen molar-refractivity contribution >= 4 is 28.8 Å². The molecule has 1 N–H and O–H groups in total. The first-order chi connectivity index (χ1) is 3.39. The van der Waals surface area contributed by atoms with Crippen LogP contribution in [0.25, 0.3) is 0 Å². The van der Waals surface area contributed by atoms with Gasteiger partial charge in [-0.25, -0.2) is 0 Å². The van der Waals surface area contributed by atoms with Gasteiger partial charge < -0.3 is 5.32 Å². The average molecular weight is 208 g/mol. The monoisotopic (exact) mass is 208 g/mol. The predicted octanol–water partition coefficient (Wildman–Crippen LogP) is 0.893. The van der Waals surface area contributed by atoms with Crippen molar-refractivity contribution in [2.24, 2.45) is 4.99 Å². The van der Waals surface area contributed by atoms with Crippen LogP contribution >= 0.6 is 22.6 Å². The molecule has 1 atom stereocenters. The summed E-state index contributed by atoms with van der Waals surface area (Å²) in [5.41, 5.74) is 0. The minimum absolute atomic E-state index is 0.377. The molecule has 0 spiro atoms. The lowest BCUT2D eigenvalue weighted by Crippen LogP contribution is -2.19. The van der Waals surface area contributed by atoms with E-state index in [2.05, 4.69) is 32.9 Å². The van der Waals surface area contributed by atoms with Crippen LogP contribution in [0, 0.1) is 0 Å². The third-order valence-corrected chi connectivity index (χ3v) is 1.31. The van der Waals surface area contributed by atoms with E-state index in [1.54, 1.807) is 6.20 Å². The third-order valence-electron chi connectivity index (χ3n) is 0.633. The van der Waals surface area contributed by atoms with E-state index in [0.717, 1.165) is 0 Å². The lowest BCUT2D eigenvalue weighted by atomic mass is 10.6.